The maximum absolute atomic E-state index is 8.90. The molecular formula is C12H23N3O. The van der Waals surface area contributed by atoms with E-state index in [1.807, 2.05) is 24.0 Å². The summed E-state index contributed by atoms with van der Waals surface area (Å²) in [7, 11) is 1.96. The highest BCUT2D eigenvalue weighted by Crippen LogP contribution is 2.10. The number of rotatable bonds is 7. The van der Waals surface area contributed by atoms with Gasteiger partial charge in [-0.1, -0.05) is 6.92 Å². The molecule has 0 fully saturated rings. The van der Waals surface area contributed by atoms with E-state index in [0.29, 0.717) is 12.0 Å². The average molecular weight is 225 g/mol. The fourth-order valence-electron chi connectivity index (χ4n) is 1.77. The Bertz CT molecular complexity index is 298. The third-order valence-corrected chi connectivity index (χ3v) is 2.94. The summed E-state index contributed by atoms with van der Waals surface area (Å²) in [4.78, 5) is 0. The molecule has 0 bridgehead atoms. The molecular weight excluding hydrogens is 202 g/mol. The lowest BCUT2D eigenvalue weighted by molar-refractivity contribution is 0.227. The lowest BCUT2D eigenvalue weighted by Gasteiger charge is -2.14. The fourth-order valence-corrected chi connectivity index (χ4v) is 1.77. The molecule has 1 aromatic heterocycles. The Hall–Kier alpha value is -0.870. The number of aryl methyl sites for hydroxylation is 1. The summed E-state index contributed by atoms with van der Waals surface area (Å²) < 4.78 is 1.90. The first-order valence-corrected chi connectivity index (χ1v) is 5.97. The molecule has 92 valence electrons. The van der Waals surface area contributed by atoms with Crippen LogP contribution in [0.15, 0.2) is 12.3 Å². The highest BCUT2D eigenvalue weighted by atomic mass is 16.3. The number of nitrogens with zero attached hydrogens (tertiary/aromatic N) is 2. The van der Waals surface area contributed by atoms with E-state index < -0.39 is 0 Å². The first kappa shape index (κ1) is 13.2. The normalized spacial score (nSPS) is 15.0. The highest BCUT2D eigenvalue weighted by molar-refractivity contribution is 5.04. The van der Waals surface area contributed by atoms with Gasteiger partial charge in [-0.05, 0) is 38.3 Å². The van der Waals surface area contributed by atoms with E-state index in [4.69, 9.17) is 5.11 Å². The predicted molar refractivity (Wildman–Crippen MR) is 65.1 cm³/mol. The van der Waals surface area contributed by atoms with Crippen molar-refractivity contribution in [1.29, 1.82) is 0 Å². The SMILES string of the molecule is CC(CO)CCCNC(C)c1ccnn1C. The quantitative estimate of drug-likeness (QED) is 0.691. The summed E-state index contributed by atoms with van der Waals surface area (Å²) in [5.74, 6) is 0.411. The summed E-state index contributed by atoms with van der Waals surface area (Å²) in [6, 6.07) is 2.37. The van der Waals surface area contributed by atoms with E-state index in [9.17, 15) is 0 Å². The van der Waals surface area contributed by atoms with Crippen LogP contribution in [0.1, 0.15) is 38.4 Å². The number of hydrogen-bond donors (Lipinski definition) is 2. The Morgan fingerprint density at radius 3 is 2.81 bits per heavy atom. The molecule has 0 aromatic carbocycles. The summed E-state index contributed by atoms with van der Waals surface area (Å²) >= 11 is 0. The second-order valence-electron chi connectivity index (χ2n) is 4.49. The van der Waals surface area contributed by atoms with Crippen molar-refractivity contribution in [3.63, 3.8) is 0 Å². The second-order valence-corrected chi connectivity index (χ2v) is 4.49. The molecule has 2 N–H and O–H groups in total. The van der Waals surface area contributed by atoms with Crippen molar-refractivity contribution in [2.24, 2.45) is 13.0 Å². The molecule has 0 amide bonds. The third-order valence-electron chi connectivity index (χ3n) is 2.94. The third kappa shape index (κ3) is 3.94. The molecule has 0 aliphatic heterocycles. The Kier molecular flexibility index (Phi) is 5.49. The minimum Gasteiger partial charge on any atom is -0.396 e. The molecule has 1 aromatic rings. The lowest BCUT2D eigenvalue weighted by atomic mass is 10.1. The van der Waals surface area contributed by atoms with Gasteiger partial charge in [-0.3, -0.25) is 4.68 Å². The van der Waals surface area contributed by atoms with E-state index in [1.54, 1.807) is 0 Å². The van der Waals surface area contributed by atoms with E-state index >= 15 is 0 Å². The van der Waals surface area contributed by atoms with Crippen molar-refractivity contribution < 1.29 is 5.11 Å². The molecule has 2 unspecified atom stereocenters. The molecule has 0 aliphatic rings. The number of aromatic nitrogens is 2. The van der Waals surface area contributed by atoms with Gasteiger partial charge in [0.05, 0.1) is 5.69 Å². The topological polar surface area (TPSA) is 50.1 Å². The molecule has 0 saturated heterocycles. The van der Waals surface area contributed by atoms with Crippen LogP contribution in [0.25, 0.3) is 0 Å². The molecule has 4 heteroatoms. The van der Waals surface area contributed by atoms with Gasteiger partial charge in [0, 0.05) is 25.9 Å². The largest absolute Gasteiger partial charge is 0.396 e. The van der Waals surface area contributed by atoms with Crippen LogP contribution in [-0.2, 0) is 7.05 Å². The Morgan fingerprint density at radius 1 is 1.50 bits per heavy atom. The van der Waals surface area contributed by atoms with Crippen molar-refractivity contribution in [2.45, 2.75) is 32.7 Å². The zero-order chi connectivity index (χ0) is 12.0. The summed E-state index contributed by atoms with van der Waals surface area (Å²) in [6.45, 7) is 5.49. The number of nitrogens with one attached hydrogen (secondary N) is 1. The van der Waals surface area contributed by atoms with Crippen molar-refractivity contribution in [3.05, 3.63) is 18.0 Å². The Balaban J connectivity index is 2.21. The minimum atomic E-state index is 0.289. The number of aliphatic hydroxyl groups excluding tert-OH is 1. The molecule has 4 nitrogen and oxygen atoms in total. The fraction of sp³-hybridized carbons (Fsp3) is 0.750. The highest BCUT2D eigenvalue weighted by Gasteiger charge is 2.08. The monoisotopic (exact) mass is 225 g/mol. The first-order chi connectivity index (χ1) is 7.65. The number of hydrogen-bond acceptors (Lipinski definition) is 3. The van der Waals surface area contributed by atoms with Crippen LogP contribution in [0, 0.1) is 5.92 Å². The molecule has 0 saturated carbocycles. The van der Waals surface area contributed by atoms with Crippen LogP contribution in [-0.4, -0.2) is 28.0 Å². The van der Waals surface area contributed by atoms with Crippen molar-refractivity contribution in [3.8, 4) is 0 Å². The average Bonchev–Trinajstić information content (AvgIpc) is 2.70. The lowest BCUT2D eigenvalue weighted by Crippen LogP contribution is -2.22. The van der Waals surface area contributed by atoms with Crippen molar-refractivity contribution in [1.82, 2.24) is 15.1 Å². The zero-order valence-electron chi connectivity index (χ0n) is 10.5. The standard InChI is InChI=1S/C12H23N3O/c1-10(9-16)5-4-7-13-11(2)12-6-8-14-15(12)3/h6,8,10-11,13,16H,4-5,7,9H2,1-3H3. The minimum absolute atomic E-state index is 0.289. The number of aliphatic hydroxyl groups is 1. The summed E-state index contributed by atoms with van der Waals surface area (Å²) in [6.07, 6.45) is 3.99. The van der Waals surface area contributed by atoms with Gasteiger partial charge in [0.25, 0.3) is 0 Å². The summed E-state index contributed by atoms with van der Waals surface area (Å²) in [5.41, 5.74) is 1.20. The Morgan fingerprint density at radius 2 is 2.25 bits per heavy atom. The van der Waals surface area contributed by atoms with Crippen LogP contribution in [0.3, 0.4) is 0 Å². The van der Waals surface area contributed by atoms with Crippen LogP contribution in [0.4, 0.5) is 0 Å². The van der Waals surface area contributed by atoms with Crippen LogP contribution >= 0.6 is 0 Å². The smallest absolute Gasteiger partial charge is 0.0547 e. The van der Waals surface area contributed by atoms with Crippen molar-refractivity contribution in [2.75, 3.05) is 13.2 Å². The summed E-state index contributed by atoms with van der Waals surface area (Å²) in [5, 5.41) is 16.5. The molecule has 0 aliphatic carbocycles. The van der Waals surface area contributed by atoms with Crippen LogP contribution in [0.5, 0.6) is 0 Å². The zero-order valence-corrected chi connectivity index (χ0v) is 10.5. The maximum atomic E-state index is 8.90. The van der Waals surface area contributed by atoms with Gasteiger partial charge in [-0.15, -0.1) is 0 Å². The van der Waals surface area contributed by atoms with E-state index in [-0.39, 0.29) is 6.61 Å². The molecule has 1 rings (SSSR count). The van der Waals surface area contributed by atoms with Gasteiger partial charge >= 0.3 is 0 Å². The van der Waals surface area contributed by atoms with Gasteiger partial charge < -0.3 is 10.4 Å². The Labute approximate surface area is 97.7 Å². The van der Waals surface area contributed by atoms with Gasteiger partial charge in [0.2, 0.25) is 0 Å². The van der Waals surface area contributed by atoms with Gasteiger partial charge in [-0.2, -0.15) is 5.10 Å². The van der Waals surface area contributed by atoms with Crippen LogP contribution in [0.2, 0.25) is 0 Å². The van der Waals surface area contributed by atoms with Crippen LogP contribution < -0.4 is 5.32 Å². The first-order valence-electron chi connectivity index (χ1n) is 5.97. The predicted octanol–water partition coefficient (Wildman–Crippen LogP) is 1.48. The molecule has 2 atom stereocenters. The molecule has 0 radical (unpaired) electrons. The van der Waals surface area contributed by atoms with E-state index in [1.165, 1.54) is 5.69 Å². The maximum Gasteiger partial charge on any atom is 0.0547 e. The molecule has 16 heavy (non-hydrogen) atoms. The second kappa shape index (κ2) is 6.66. The molecule has 1 heterocycles. The van der Waals surface area contributed by atoms with E-state index in [0.717, 1.165) is 19.4 Å². The van der Waals surface area contributed by atoms with E-state index in [2.05, 4.69) is 24.3 Å². The van der Waals surface area contributed by atoms with Gasteiger partial charge in [0.1, 0.15) is 0 Å². The van der Waals surface area contributed by atoms with Gasteiger partial charge in [-0.25, -0.2) is 0 Å². The molecule has 0 spiro atoms. The van der Waals surface area contributed by atoms with Gasteiger partial charge in [0.15, 0.2) is 0 Å². The van der Waals surface area contributed by atoms with Crippen molar-refractivity contribution >= 4 is 0 Å².